The van der Waals surface area contributed by atoms with Crippen LogP contribution in [0.15, 0.2) is 30.9 Å². The topological polar surface area (TPSA) is 38.7 Å². The first-order chi connectivity index (χ1) is 8.24. The monoisotopic (exact) mass is 451 g/mol. The minimum absolute atomic E-state index is 0.955. The highest BCUT2D eigenvalue weighted by Gasteiger charge is 1.99. The number of hydrogen-bond acceptors (Lipinski definition) is 3. The lowest BCUT2D eigenvalue weighted by atomic mass is 10.1. The molecule has 0 aliphatic carbocycles. The summed E-state index contributed by atoms with van der Waals surface area (Å²) in [4.78, 5) is 12.8. The van der Waals surface area contributed by atoms with Gasteiger partial charge in [0.2, 0.25) is 0 Å². The third kappa shape index (κ3) is 4.46. The maximum absolute atomic E-state index is 4.43. The third-order valence-corrected chi connectivity index (χ3v) is 3.42. The third-order valence-electron chi connectivity index (χ3n) is 2.31. The molecule has 17 heavy (non-hydrogen) atoms. The van der Waals surface area contributed by atoms with E-state index in [1.165, 1.54) is 9.13 Å². The summed E-state index contributed by atoms with van der Waals surface area (Å²) < 4.78 is 2.14. The van der Waals surface area contributed by atoms with E-state index in [4.69, 9.17) is 0 Å². The largest absolute Gasteiger partial charge is 0.263 e. The highest BCUT2D eigenvalue weighted by Crippen LogP contribution is 2.09. The van der Waals surface area contributed by atoms with Crippen molar-refractivity contribution in [1.29, 1.82) is 0 Å². The molecular weight excluding hydrogens is 440 g/mol. The van der Waals surface area contributed by atoms with Crippen molar-refractivity contribution in [2.75, 3.05) is 0 Å². The van der Waals surface area contributed by atoms with Crippen LogP contribution in [-0.4, -0.2) is 15.0 Å². The van der Waals surface area contributed by atoms with Crippen molar-refractivity contribution >= 4 is 45.2 Å². The normalized spacial score (nSPS) is 10.5. The van der Waals surface area contributed by atoms with Gasteiger partial charge in [-0.15, -0.1) is 0 Å². The lowest BCUT2D eigenvalue weighted by molar-refractivity contribution is 0.787. The average molecular weight is 451 g/mol. The number of halogens is 2. The van der Waals surface area contributed by atoms with Gasteiger partial charge in [-0.05, 0) is 76.1 Å². The van der Waals surface area contributed by atoms with E-state index in [1.54, 1.807) is 6.20 Å². The van der Waals surface area contributed by atoms with Crippen molar-refractivity contribution in [3.05, 3.63) is 49.4 Å². The number of aromatic nitrogens is 3. The molecule has 5 heteroatoms. The van der Waals surface area contributed by atoms with Crippen molar-refractivity contribution < 1.29 is 0 Å². The van der Waals surface area contributed by atoms with E-state index in [0.717, 1.165) is 28.7 Å². The zero-order valence-corrected chi connectivity index (χ0v) is 13.4. The van der Waals surface area contributed by atoms with Crippen molar-refractivity contribution in [3.8, 4) is 0 Å². The van der Waals surface area contributed by atoms with Crippen LogP contribution in [0.2, 0.25) is 0 Å². The SMILES string of the molecule is Ic1cncc(CCCc2cncc(I)n2)c1. The fraction of sp³-hybridized carbons (Fsp3) is 0.250. The van der Waals surface area contributed by atoms with Crippen LogP contribution in [0.25, 0.3) is 0 Å². The molecule has 0 atom stereocenters. The Morgan fingerprint density at radius 3 is 2.53 bits per heavy atom. The maximum atomic E-state index is 4.43. The zero-order valence-electron chi connectivity index (χ0n) is 9.11. The average Bonchev–Trinajstić information content (AvgIpc) is 2.29. The molecule has 0 N–H and O–H groups in total. The highest BCUT2D eigenvalue weighted by atomic mass is 127. The van der Waals surface area contributed by atoms with E-state index >= 15 is 0 Å². The van der Waals surface area contributed by atoms with Gasteiger partial charge in [0.25, 0.3) is 0 Å². The summed E-state index contributed by atoms with van der Waals surface area (Å²) in [5, 5.41) is 0. The standard InChI is InChI=1S/C12H11I2N3/c13-10-4-9(5-15-6-10)2-1-3-11-7-16-8-12(14)17-11/h4-8H,1-3H2. The van der Waals surface area contributed by atoms with E-state index in [0.29, 0.717) is 0 Å². The predicted molar refractivity (Wildman–Crippen MR) is 83.7 cm³/mol. The fourth-order valence-corrected chi connectivity index (χ4v) is 2.60. The maximum Gasteiger partial charge on any atom is 0.119 e. The van der Waals surface area contributed by atoms with Gasteiger partial charge in [-0.25, -0.2) is 4.98 Å². The first kappa shape index (κ1) is 13.1. The molecule has 88 valence electrons. The van der Waals surface area contributed by atoms with Gasteiger partial charge in [0.15, 0.2) is 0 Å². The molecule has 0 aliphatic heterocycles. The van der Waals surface area contributed by atoms with Crippen LogP contribution in [0.1, 0.15) is 17.7 Å². The van der Waals surface area contributed by atoms with E-state index in [1.807, 2.05) is 18.6 Å². The number of rotatable bonds is 4. The summed E-state index contributed by atoms with van der Waals surface area (Å²) in [5.41, 5.74) is 2.35. The Morgan fingerprint density at radius 2 is 1.76 bits per heavy atom. The second kappa shape index (κ2) is 6.58. The van der Waals surface area contributed by atoms with Gasteiger partial charge in [-0.3, -0.25) is 9.97 Å². The molecule has 3 nitrogen and oxygen atoms in total. The number of hydrogen-bond donors (Lipinski definition) is 0. The van der Waals surface area contributed by atoms with E-state index in [-0.39, 0.29) is 0 Å². The van der Waals surface area contributed by atoms with E-state index in [2.05, 4.69) is 66.2 Å². The fourth-order valence-electron chi connectivity index (χ4n) is 1.57. The molecule has 0 unspecified atom stereocenters. The number of nitrogens with zero attached hydrogens (tertiary/aromatic N) is 3. The summed E-state index contributed by atoms with van der Waals surface area (Å²) in [7, 11) is 0. The first-order valence-corrected chi connectivity index (χ1v) is 7.45. The number of pyridine rings is 1. The molecule has 2 aromatic rings. The van der Waals surface area contributed by atoms with Gasteiger partial charge in [0.05, 0.1) is 11.9 Å². The van der Waals surface area contributed by atoms with Gasteiger partial charge < -0.3 is 0 Å². The van der Waals surface area contributed by atoms with Crippen molar-refractivity contribution in [3.63, 3.8) is 0 Å². The Hall–Kier alpha value is -0.310. The van der Waals surface area contributed by atoms with Crippen LogP contribution in [0.5, 0.6) is 0 Å². The molecule has 0 amide bonds. The van der Waals surface area contributed by atoms with Gasteiger partial charge in [-0.1, -0.05) is 0 Å². The van der Waals surface area contributed by atoms with Gasteiger partial charge in [-0.2, -0.15) is 0 Å². The summed E-state index contributed by atoms with van der Waals surface area (Å²) in [6.45, 7) is 0. The van der Waals surface area contributed by atoms with Crippen molar-refractivity contribution in [1.82, 2.24) is 15.0 Å². The summed E-state index contributed by atoms with van der Waals surface area (Å²) in [6, 6.07) is 2.17. The summed E-state index contributed by atoms with van der Waals surface area (Å²) >= 11 is 4.48. The molecule has 2 aromatic heterocycles. The highest BCUT2D eigenvalue weighted by molar-refractivity contribution is 14.1. The summed E-state index contributed by atoms with van der Waals surface area (Å²) in [5.74, 6) is 0. The Bertz CT molecular complexity index is 457. The van der Waals surface area contributed by atoms with Crippen molar-refractivity contribution in [2.45, 2.75) is 19.3 Å². The minimum Gasteiger partial charge on any atom is -0.263 e. The Balaban J connectivity index is 1.87. The van der Waals surface area contributed by atoms with Crippen molar-refractivity contribution in [2.24, 2.45) is 0 Å². The van der Waals surface area contributed by atoms with E-state index in [9.17, 15) is 0 Å². The molecule has 0 saturated carbocycles. The second-order valence-corrected chi connectivity index (χ2v) is 6.05. The van der Waals surface area contributed by atoms with Crippen LogP contribution in [0.3, 0.4) is 0 Å². The predicted octanol–water partition coefficient (Wildman–Crippen LogP) is 3.26. The lowest BCUT2D eigenvalue weighted by Crippen LogP contribution is -1.96. The quantitative estimate of drug-likeness (QED) is 0.671. The molecule has 2 rings (SSSR count). The van der Waals surface area contributed by atoms with Crippen LogP contribution in [0, 0.1) is 7.27 Å². The van der Waals surface area contributed by atoms with Crippen LogP contribution in [-0.2, 0) is 12.8 Å². The minimum atomic E-state index is 0.955. The molecule has 0 spiro atoms. The molecule has 0 radical (unpaired) electrons. The molecule has 0 bridgehead atoms. The molecule has 0 aromatic carbocycles. The van der Waals surface area contributed by atoms with Crippen LogP contribution in [0.4, 0.5) is 0 Å². The smallest absolute Gasteiger partial charge is 0.119 e. The molecule has 0 saturated heterocycles. The van der Waals surface area contributed by atoms with Crippen LogP contribution < -0.4 is 0 Å². The first-order valence-electron chi connectivity index (χ1n) is 5.30. The molecule has 0 aliphatic rings. The second-order valence-electron chi connectivity index (χ2n) is 3.70. The Labute approximate surface area is 128 Å². The Morgan fingerprint density at radius 1 is 0.941 bits per heavy atom. The van der Waals surface area contributed by atoms with E-state index < -0.39 is 0 Å². The zero-order chi connectivity index (χ0) is 12.1. The van der Waals surface area contributed by atoms with Gasteiger partial charge >= 0.3 is 0 Å². The van der Waals surface area contributed by atoms with Gasteiger partial charge in [0, 0.05) is 22.2 Å². The summed E-state index contributed by atoms with van der Waals surface area (Å²) in [6.07, 6.45) is 10.5. The lowest BCUT2D eigenvalue weighted by Gasteiger charge is -2.02. The molecule has 2 heterocycles. The number of aryl methyl sites for hydroxylation is 2. The molecular formula is C12H11I2N3. The Kier molecular flexibility index (Phi) is 5.08. The van der Waals surface area contributed by atoms with Crippen LogP contribution >= 0.6 is 45.2 Å². The molecule has 0 fully saturated rings. The van der Waals surface area contributed by atoms with Gasteiger partial charge in [0.1, 0.15) is 3.70 Å².